The summed E-state index contributed by atoms with van der Waals surface area (Å²) in [6, 6.07) is 10.4. The van der Waals surface area contributed by atoms with E-state index in [1.54, 1.807) is 6.07 Å². The molecule has 2 aromatic heterocycles. The van der Waals surface area contributed by atoms with E-state index in [2.05, 4.69) is 4.98 Å². The van der Waals surface area contributed by atoms with Crippen molar-refractivity contribution in [3.63, 3.8) is 0 Å². The summed E-state index contributed by atoms with van der Waals surface area (Å²) in [5, 5.41) is 14.1. The van der Waals surface area contributed by atoms with Crippen LogP contribution >= 0.6 is 22.7 Å². The molecule has 4 rings (SSSR count). The molecule has 0 bridgehead atoms. The molecule has 0 aliphatic heterocycles. The second kappa shape index (κ2) is 8.08. The Morgan fingerprint density at radius 3 is 2.53 bits per heavy atom. The van der Waals surface area contributed by atoms with Crippen molar-refractivity contribution >= 4 is 38.7 Å². The van der Waals surface area contributed by atoms with Crippen molar-refractivity contribution in [3.8, 4) is 16.3 Å². The summed E-state index contributed by atoms with van der Waals surface area (Å²) >= 11 is 2.80. The summed E-state index contributed by atoms with van der Waals surface area (Å²) in [7, 11) is 0. The summed E-state index contributed by atoms with van der Waals surface area (Å²) in [4.78, 5) is 15.4. The van der Waals surface area contributed by atoms with Crippen molar-refractivity contribution in [2.45, 2.75) is 19.2 Å². The molecule has 154 valence electrons. The molecule has 0 saturated carbocycles. The number of benzene rings is 2. The lowest BCUT2D eigenvalue weighted by Gasteiger charge is -2.06. The summed E-state index contributed by atoms with van der Waals surface area (Å²) < 4.78 is 44.8. The maximum Gasteiger partial charge on any atom is 0.416 e. The van der Waals surface area contributed by atoms with Crippen molar-refractivity contribution in [2.24, 2.45) is 0 Å². The minimum absolute atomic E-state index is 0.0221. The number of carboxylic acids is 1. The molecule has 30 heavy (non-hydrogen) atoms. The Kier molecular flexibility index (Phi) is 5.48. The Morgan fingerprint density at radius 2 is 1.83 bits per heavy atom. The fourth-order valence-corrected chi connectivity index (χ4v) is 4.72. The number of ether oxygens (including phenoxy) is 1. The molecule has 2 heterocycles. The third kappa shape index (κ3) is 4.47. The number of hydrogen-bond acceptors (Lipinski definition) is 5. The van der Waals surface area contributed by atoms with Crippen LogP contribution in [0.5, 0.6) is 5.75 Å². The molecular weight excluding hydrogens is 435 g/mol. The average molecular weight is 449 g/mol. The zero-order chi connectivity index (χ0) is 21.3. The quantitative estimate of drug-likeness (QED) is 0.378. The van der Waals surface area contributed by atoms with Crippen LogP contribution < -0.4 is 4.74 Å². The second-order valence-electron chi connectivity index (χ2n) is 6.50. The number of rotatable bonds is 6. The molecule has 0 radical (unpaired) electrons. The van der Waals surface area contributed by atoms with Crippen LogP contribution in [-0.2, 0) is 24.0 Å². The first-order valence-electron chi connectivity index (χ1n) is 8.76. The smallest absolute Gasteiger partial charge is 0.416 e. The molecule has 4 nitrogen and oxygen atoms in total. The number of thiophene rings is 1. The molecule has 1 N–H and O–H groups in total. The predicted molar refractivity (Wildman–Crippen MR) is 110 cm³/mol. The summed E-state index contributed by atoms with van der Waals surface area (Å²) in [5.74, 6) is -0.238. The van der Waals surface area contributed by atoms with Gasteiger partial charge in [0, 0.05) is 15.6 Å². The Balaban J connectivity index is 1.43. The van der Waals surface area contributed by atoms with E-state index in [1.807, 2.05) is 22.9 Å². The Labute approximate surface area is 177 Å². The van der Waals surface area contributed by atoms with Crippen LogP contribution in [0.25, 0.3) is 20.7 Å². The van der Waals surface area contributed by atoms with E-state index in [1.165, 1.54) is 34.8 Å². The number of thiazole rings is 1. The number of carbonyl (C=O) groups is 1. The molecule has 0 aliphatic rings. The summed E-state index contributed by atoms with van der Waals surface area (Å²) in [5.41, 5.74) is 1.37. The van der Waals surface area contributed by atoms with E-state index in [0.29, 0.717) is 22.0 Å². The molecule has 2 aromatic carbocycles. The van der Waals surface area contributed by atoms with Crippen LogP contribution in [0, 0.1) is 0 Å². The lowest BCUT2D eigenvalue weighted by Crippen LogP contribution is -2.03. The first-order valence-corrected chi connectivity index (χ1v) is 10.5. The van der Waals surface area contributed by atoms with E-state index in [9.17, 15) is 18.0 Å². The third-order valence-corrected chi connectivity index (χ3v) is 6.30. The van der Waals surface area contributed by atoms with Gasteiger partial charge in [-0.15, -0.1) is 22.7 Å². The van der Waals surface area contributed by atoms with Crippen molar-refractivity contribution in [1.29, 1.82) is 0 Å². The highest BCUT2D eigenvalue weighted by molar-refractivity contribution is 7.17. The first kappa shape index (κ1) is 20.4. The number of nitrogens with zero attached hydrogens (tertiary/aromatic N) is 1. The minimum Gasteiger partial charge on any atom is -0.487 e. The monoisotopic (exact) mass is 449 g/mol. The van der Waals surface area contributed by atoms with E-state index in [0.717, 1.165) is 27.8 Å². The second-order valence-corrected chi connectivity index (χ2v) is 8.27. The molecule has 0 aliphatic carbocycles. The highest BCUT2D eigenvalue weighted by Crippen LogP contribution is 2.33. The molecule has 4 aromatic rings. The van der Waals surface area contributed by atoms with Gasteiger partial charge in [0.25, 0.3) is 0 Å². The fourth-order valence-electron chi connectivity index (χ4n) is 2.92. The van der Waals surface area contributed by atoms with E-state index in [4.69, 9.17) is 9.84 Å². The number of hydrogen-bond donors (Lipinski definition) is 1. The van der Waals surface area contributed by atoms with Crippen LogP contribution in [0.1, 0.15) is 16.8 Å². The predicted octanol–water partition coefficient (Wildman–Crippen LogP) is 6.25. The molecular formula is C21H14F3NO3S2. The lowest BCUT2D eigenvalue weighted by atomic mass is 10.1. The van der Waals surface area contributed by atoms with Crippen molar-refractivity contribution in [1.82, 2.24) is 4.98 Å². The molecule has 9 heteroatoms. The zero-order valence-corrected chi connectivity index (χ0v) is 16.9. The van der Waals surface area contributed by atoms with Gasteiger partial charge in [-0.25, -0.2) is 4.98 Å². The standard InChI is InChI=1S/C21H14F3NO3S2/c22-21(23,24)14-3-1-12(2-4-14)20-25-15(11-30-20)9-28-16-5-6-17-13(7-19(26)27)10-29-18(17)8-16/h1-6,8,10-11H,7,9H2,(H,26,27). The molecule has 0 fully saturated rings. The van der Waals surface area contributed by atoms with Crippen LogP contribution in [0.3, 0.4) is 0 Å². The van der Waals surface area contributed by atoms with Crippen molar-refractivity contribution < 1.29 is 27.8 Å². The average Bonchev–Trinajstić information content (AvgIpc) is 3.33. The van der Waals surface area contributed by atoms with Crippen molar-refractivity contribution in [2.75, 3.05) is 0 Å². The normalized spacial score (nSPS) is 11.7. The van der Waals surface area contributed by atoms with Crippen molar-refractivity contribution in [3.05, 3.63) is 70.0 Å². The van der Waals surface area contributed by atoms with Gasteiger partial charge in [0.2, 0.25) is 0 Å². The van der Waals surface area contributed by atoms with Gasteiger partial charge < -0.3 is 9.84 Å². The Bertz CT molecular complexity index is 1200. The van der Waals surface area contributed by atoms with Gasteiger partial charge in [0.15, 0.2) is 0 Å². The third-order valence-electron chi connectivity index (χ3n) is 4.37. The topological polar surface area (TPSA) is 59.4 Å². The summed E-state index contributed by atoms with van der Waals surface area (Å²) in [6.45, 7) is 0.218. The van der Waals surface area contributed by atoms with E-state index >= 15 is 0 Å². The number of aliphatic carboxylic acids is 1. The molecule has 0 spiro atoms. The maximum absolute atomic E-state index is 12.7. The number of carboxylic acid groups (broad SMARTS) is 1. The van der Waals surface area contributed by atoms with Gasteiger partial charge in [-0.05, 0) is 46.7 Å². The zero-order valence-electron chi connectivity index (χ0n) is 15.3. The molecule has 0 amide bonds. The van der Waals surface area contributed by atoms with Gasteiger partial charge in [0.05, 0.1) is 17.7 Å². The number of fused-ring (bicyclic) bond motifs is 1. The summed E-state index contributed by atoms with van der Waals surface area (Å²) in [6.07, 6.45) is -4.38. The van der Waals surface area contributed by atoms with Gasteiger partial charge in [-0.3, -0.25) is 4.79 Å². The fraction of sp³-hybridized carbons (Fsp3) is 0.143. The van der Waals surface area contributed by atoms with Gasteiger partial charge in [-0.1, -0.05) is 12.1 Å². The van der Waals surface area contributed by atoms with E-state index in [-0.39, 0.29) is 13.0 Å². The molecule has 0 saturated heterocycles. The largest absolute Gasteiger partial charge is 0.487 e. The van der Waals surface area contributed by atoms with Gasteiger partial charge in [0.1, 0.15) is 17.4 Å². The van der Waals surface area contributed by atoms with Crippen LogP contribution in [0.4, 0.5) is 13.2 Å². The van der Waals surface area contributed by atoms with Gasteiger partial charge >= 0.3 is 12.1 Å². The number of aromatic nitrogens is 1. The van der Waals surface area contributed by atoms with Crippen LogP contribution in [0.2, 0.25) is 0 Å². The SMILES string of the molecule is O=C(O)Cc1csc2cc(OCc3csc(-c4ccc(C(F)(F)F)cc4)n3)ccc12. The first-order chi connectivity index (χ1) is 14.3. The highest BCUT2D eigenvalue weighted by atomic mass is 32.1. The Hall–Kier alpha value is -2.91. The maximum atomic E-state index is 12.7. The number of alkyl halides is 3. The molecule has 0 unspecified atom stereocenters. The minimum atomic E-state index is -4.36. The van der Waals surface area contributed by atoms with Crippen LogP contribution in [0.15, 0.2) is 53.2 Å². The number of halogens is 3. The Morgan fingerprint density at radius 1 is 1.07 bits per heavy atom. The van der Waals surface area contributed by atoms with Crippen LogP contribution in [-0.4, -0.2) is 16.1 Å². The van der Waals surface area contributed by atoms with E-state index < -0.39 is 17.7 Å². The molecule has 0 atom stereocenters. The lowest BCUT2D eigenvalue weighted by molar-refractivity contribution is -0.138. The highest BCUT2D eigenvalue weighted by Gasteiger charge is 2.30. The van der Waals surface area contributed by atoms with Gasteiger partial charge in [-0.2, -0.15) is 13.2 Å².